The van der Waals surface area contributed by atoms with Gasteiger partial charge in [0.25, 0.3) is 5.91 Å². The first-order valence-corrected chi connectivity index (χ1v) is 7.66. The molecule has 0 unspecified atom stereocenters. The van der Waals surface area contributed by atoms with E-state index in [-0.39, 0.29) is 18.5 Å². The summed E-state index contributed by atoms with van der Waals surface area (Å²) in [6, 6.07) is 5.14. The Bertz CT molecular complexity index is 673. The van der Waals surface area contributed by atoms with Crippen molar-refractivity contribution in [2.75, 3.05) is 31.1 Å². The molecule has 2 heterocycles. The van der Waals surface area contributed by atoms with Crippen molar-refractivity contribution in [1.82, 2.24) is 10.2 Å². The van der Waals surface area contributed by atoms with Crippen LogP contribution in [-0.2, 0) is 4.79 Å². The molecule has 1 atom stereocenters. The van der Waals surface area contributed by atoms with Crippen molar-refractivity contribution in [3.8, 4) is 0 Å². The van der Waals surface area contributed by atoms with Gasteiger partial charge in [-0.1, -0.05) is 6.07 Å². The lowest BCUT2D eigenvalue weighted by Gasteiger charge is -2.21. The second-order valence-corrected chi connectivity index (χ2v) is 5.91. The number of benzene rings is 1. The molecule has 2 aliphatic rings. The summed E-state index contributed by atoms with van der Waals surface area (Å²) < 4.78 is 0. The number of nitrogens with zero attached hydrogens (tertiary/aromatic N) is 2. The molecule has 0 saturated carbocycles. The van der Waals surface area contributed by atoms with Gasteiger partial charge in [0.05, 0.1) is 5.92 Å². The predicted octanol–water partition coefficient (Wildman–Crippen LogP) is 1.07. The van der Waals surface area contributed by atoms with Gasteiger partial charge in [-0.25, -0.2) is 4.79 Å². The number of urea groups is 1. The molecule has 0 spiro atoms. The molecule has 2 fully saturated rings. The maximum Gasteiger partial charge on any atom is 0.322 e. The molecular formula is C16H19N3O4. The second-order valence-electron chi connectivity index (χ2n) is 5.91. The summed E-state index contributed by atoms with van der Waals surface area (Å²) >= 11 is 0. The molecule has 23 heavy (non-hydrogen) atoms. The van der Waals surface area contributed by atoms with Gasteiger partial charge in [-0.05, 0) is 31.0 Å². The topological polar surface area (TPSA) is 89.9 Å². The van der Waals surface area contributed by atoms with E-state index >= 15 is 0 Å². The van der Waals surface area contributed by atoms with Gasteiger partial charge in [-0.3, -0.25) is 14.5 Å². The fraction of sp³-hybridized carbons (Fsp3) is 0.438. The lowest BCUT2D eigenvalue weighted by molar-refractivity contribution is -0.141. The third kappa shape index (κ3) is 2.74. The van der Waals surface area contributed by atoms with Crippen molar-refractivity contribution in [3.63, 3.8) is 0 Å². The Hall–Kier alpha value is -2.57. The maximum atomic E-state index is 12.7. The minimum Gasteiger partial charge on any atom is -0.481 e. The zero-order chi connectivity index (χ0) is 16.6. The van der Waals surface area contributed by atoms with Crippen LogP contribution in [0.2, 0.25) is 0 Å². The fourth-order valence-electron chi connectivity index (χ4n) is 3.17. The summed E-state index contributed by atoms with van der Waals surface area (Å²) in [5.41, 5.74) is 1.99. The Morgan fingerprint density at radius 3 is 2.70 bits per heavy atom. The first kappa shape index (κ1) is 15.3. The summed E-state index contributed by atoms with van der Waals surface area (Å²) in [5.74, 6) is -1.53. The van der Waals surface area contributed by atoms with Crippen molar-refractivity contribution in [2.45, 2.75) is 13.3 Å². The van der Waals surface area contributed by atoms with Gasteiger partial charge in [0.2, 0.25) is 0 Å². The van der Waals surface area contributed by atoms with Crippen LogP contribution >= 0.6 is 0 Å². The van der Waals surface area contributed by atoms with Crippen LogP contribution < -0.4 is 10.2 Å². The van der Waals surface area contributed by atoms with Crippen molar-refractivity contribution < 1.29 is 19.5 Å². The lowest BCUT2D eigenvalue weighted by Crippen LogP contribution is -2.32. The number of hydrogen-bond acceptors (Lipinski definition) is 3. The van der Waals surface area contributed by atoms with E-state index < -0.39 is 11.9 Å². The predicted molar refractivity (Wildman–Crippen MR) is 83.6 cm³/mol. The van der Waals surface area contributed by atoms with Crippen LogP contribution in [0.5, 0.6) is 0 Å². The zero-order valence-electron chi connectivity index (χ0n) is 12.9. The fourth-order valence-corrected chi connectivity index (χ4v) is 3.17. The molecule has 2 N–H and O–H groups in total. The standard InChI is InChI=1S/C16H19N3O4/c1-10-12(14(20)18-7-5-11(9-18)15(21)22)3-2-4-13(10)19-8-6-17-16(19)23/h2-4,11H,5-9H2,1H3,(H,17,23)(H,21,22)/t11-/m1/s1. The van der Waals surface area contributed by atoms with E-state index in [2.05, 4.69) is 5.32 Å². The summed E-state index contributed by atoms with van der Waals surface area (Å²) in [6.07, 6.45) is 0.480. The number of carboxylic acids is 1. The average molecular weight is 317 g/mol. The molecule has 0 bridgehead atoms. The molecular weight excluding hydrogens is 298 g/mol. The highest BCUT2D eigenvalue weighted by Crippen LogP contribution is 2.27. The number of aliphatic carboxylic acids is 1. The van der Waals surface area contributed by atoms with E-state index in [1.165, 1.54) is 0 Å². The first-order valence-electron chi connectivity index (χ1n) is 7.66. The highest BCUT2D eigenvalue weighted by molar-refractivity contribution is 6.00. The highest BCUT2D eigenvalue weighted by atomic mass is 16.4. The number of likely N-dealkylation sites (tertiary alicyclic amines) is 1. The van der Waals surface area contributed by atoms with Gasteiger partial charge in [0.15, 0.2) is 0 Å². The smallest absolute Gasteiger partial charge is 0.322 e. The Morgan fingerprint density at radius 2 is 2.09 bits per heavy atom. The van der Waals surface area contributed by atoms with Gasteiger partial charge in [-0.2, -0.15) is 0 Å². The maximum absolute atomic E-state index is 12.7. The van der Waals surface area contributed by atoms with Crippen LogP contribution in [0.1, 0.15) is 22.3 Å². The van der Waals surface area contributed by atoms with E-state index in [4.69, 9.17) is 5.11 Å². The molecule has 0 aromatic heterocycles. The summed E-state index contributed by atoms with van der Waals surface area (Å²) in [4.78, 5) is 38.8. The van der Waals surface area contributed by atoms with Gasteiger partial charge in [-0.15, -0.1) is 0 Å². The number of nitrogens with one attached hydrogen (secondary N) is 1. The van der Waals surface area contributed by atoms with E-state index in [1.54, 1.807) is 21.9 Å². The highest BCUT2D eigenvalue weighted by Gasteiger charge is 2.32. The molecule has 1 aromatic rings. The number of rotatable bonds is 3. The summed E-state index contributed by atoms with van der Waals surface area (Å²) in [7, 11) is 0. The molecule has 0 aliphatic carbocycles. The quantitative estimate of drug-likeness (QED) is 0.872. The third-order valence-electron chi connectivity index (χ3n) is 4.51. The Labute approximate surface area is 133 Å². The van der Waals surface area contributed by atoms with E-state index in [0.29, 0.717) is 31.6 Å². The van der Waals surface area contributed by atoms with E-state index in [0.717, 1.165) is 11.3 Å². The monoisotopic (exact) mass is 317 g/mol. The van der Waals surface area contributed by atoms with Crippen LogP contribution in [0.3, 0.4) is 0 Å². The van der Waals surface area contributed by atoms with Crippen LogP contribution in [-0.4, -0.2) is 54.1 Å². The van der Waals surface area contributed by atoms with Crippen LogP contribution in [0.25, 0.3) is 0 Å². The van der Waals surface area contributed by atoms with Crippen molar-refractivity contribution in [2.24, 2.45) is 5.92 Å². The SMILES string of the molecule is Cc1c(C(=O)N2CC[C@@H](C(=O)O)C2)cccc1N1CCNC1=O. The number of hydrogen-bond donors (Lipinski definition) is 2. The van der Waals surface area contributed by atoms with Gasteiger partial charge in [0, 0.05) is 37.4 Å². The first-order chi connectivity index (χ1) is 11.0. The largest absolute Gasteiger partial charge is 0.481 e. The molecule has 1 aromatic carbocycles. The number of carboxylic acid groups (broad SMARTS) is 1. The van der Waals surface area contributed by atoms with Crippen molar-refractivity contribution >= 4 is 23.6 Å². The minimum atomic E-state index is -0.862. The normalized spacial score (nSPS) is 20.7. The zero-order valence-corrected chi connectivity index (χ0v) is 12.9. The summed E-state index contributed by atoms with van der Waals surface area (Å²) in [5, 5.41) is 11.8. The van der Waals surface area contributed by atoms with E-state index in [9.17, 15) is 14.4 Å². The van der Waals surface area contributed by atoms with Gasteiger partial charge >= 0.3 is 12.0 Å². The number of carbonyl (C=O) groups excluding carboxylic acids is 2. The van der Waals surface area contributed by atoms with Gasteiger partial charge < -0.3 is 15.3 Å². The van der Waals surface area contributed by atoms with Crippen molar-refractivity contribution in [3.05, 3.63) is 29.3 Å². The number of amides is 3. The van der Waals surface area contributed by atoms with E-state index in [1.807, 2.05) is 13.0 Å². The molecule has 2 saturated heterocycles. The Morgan fingerprint density at radius 1 is 1.30 bits per heavy atom. The molecule has 3 rings (SSSR count). The third-order valence-corrected chi connectivity index (χ3v) is 4.51. The van der Waals surface area contributed by atoms with Crippen LogP contribution in [0.15, 0.2) is 18.2 Å². The van der Waals surface area contributed by atoms with Crippen molar-refractivity contribution in [1.29, 1.82) is 0 Å². The lowest BCUT2D eigenvalue weighted by atomic mass is 10.0. The molecule has 3 amide bonds. The van der Waals surface area contributed by atoms with Crippen LogP contribution in [0, 0.1) is 12.8 Å². The van der Waals surface area contributed by atoms with Crippen LogP contribution in [0.4, 0.5) is 10.5 Å². The molecule has 7 nitrogen and oxygen atoms in total. The Balaban J connectivity index is 1.84. The Kier molecular flexibility index (Phi) is 3.94. The average Bonchev–Trinajstić information content (AvgIpc) is 3.16. The van der Waals surface area contributed by atoms with Gasteiger partial charge in [0.1, 0.15) is 0 Å². The number of carbonyl (C=O) groups is 3. The molecule has 122 valence electrons. The second kappa shape index (κ2) is 5.91. The minimum absolute atomic E-state index is 0.162. The molecule has 2 aliphatic heterocycles. The number of anilines is 1. The molecule has 7 heteroatoms. The summed E-state index contributed by atoms with van der Waals surface area (Å²) in [6.45, 7) is 3.66. The molecule has 0 radical (unpaired) electrons.